The van der Waals surface area contributed by atoms with Crippen LogP contribution in [0.25, 0.3) is 10.9 Å². The van der Waals surface area contributed by atoms with E-state index in [1.54, 1.807) is 18.3 Å². The van der Waals surface area contributed by atoms with E-state index in [1.165, 1.54) is 12.1 Å². The molecule has 0 spiro atoms. The fourth-order valence-electron chi connectivity index (χ4n) is 4.31. The van der Waals surface area contributed by atoms with E-state index in [1.807, 2.05) is 54.6 Å². The van der Waals surface area contributed by atoms with Crippen LogP contribution in [0.5, 0.6) is 5.75 Å². The average Bonchev–Trinajstić information content (AvgIpc) is 3.32. The van der Waals surface area contributed by atoms with Crippen molar-refractivity contribution < 1.29 is 24.6 Å². The number of nitrogens with one attached hydrogen (secondary N) is 3. The lowest BCUT2D eigenvalue weighted by atomic mass is 10.0. The van der Waals surface area contributed by atoms with Gasteiger partial charge in [0.15, 0.2) is 0 Å². The molecule has 9 heteroatoms. The fraction of sp³-hybridized carbons (Fsp3) is 0.207. The molecule has 7 N–H and O–H groups in total. The van der Waals surface area contributed by atoms with Gasteiger partial charge in [-0.15, -0.1) is 0 Å². The maximum Gasteiger partial charge on any atom is 0.326 e. The summed E-state index contributed by atoms with van der Waals surface area (Å²) in [5.41, 5.74) is 9.34. The minimum absolute atomic E-state index is 0.00261. The van der Waals surface area contributed by atoms with Crippen molar-refractivity contribution in [3.8, 4) is 5.75 Å². The zero-order chi connectivity index (χ0) is 27.1. The number of rotatable bonds is 11. The molecule has 0 aliphatic rings. The molecule has 0 radical (unpaired) electrons. The summed E-state index contributed by atoms with van der Waals surface area (Å²) in [5, 5.41) is 25.5. The highest BCUT2D eigenvalue weighted by atomic mass is 16.4. The van der Waals surface area contributed by atoms with Gasteiger partial charge in [0.25, 0.3) is 0 Å². The molecule has 3 aromatic carbocycles. The molecule has 3 atom stereocenters. The van der Waals surface area contributed by atoms with Gasteiger partial charge >= 0.3 is 5.97 Å². The standard InChI is InChI=1S/C29H30N4O5/c30-23(14-18-6-2-1-3-7-18)27(35)32-25(16-20-17-31-24-9-5-4-8-22(20)24)28(36)33-26(29(37)38)15-19-10-12-21(34)13-11-19/h1-13,17,23,25-26,31,34H,14-16,30H2,(H,32,35)(H,33,36)(H,37,38)/t23-,25-,26-/m0/s1. The lowest BCUT2D eigenvalue weighted by Crippen LogP contribution is -2.55. The van der Waals surface area contributed by atoms with Crippen LogP contribution in [-0.2, 0) is 33.6 Å². The minimum Gasteiger partial charge on any atom is -0.508 e. The van der Waals surface area contributed by atoms with E-state index in [-0.39, 0.29) is 25.0 Å². The van der Waals surface area contributed by atoms with Gasteiger partial charge in [-0.25, -0.2) is 4.79 Å². The highest BCUT2D eigenvalue weighted by molar-refractivity contribution is 5.93. The number of fused-ring (bicyclic) bond motifs is 1. The van der Waals surface area contributed by atoms with E-state index < -0.39 is 35.9 Å². The fourth-order valence-corrected chi connectivity index (χ4v) is 4.31. The zero-order valence-corrected chi connectivity index (χ0v) is 20.6. The number of carboxylic acid groups (broad SMARTS) is 1. The number of amides is 2. The Bertz CT molecular complexity index is 1400. The normalized spacial score (nSPS) is 13.4. The van der Waals surface area contributed by atoms with Gasteiger partial charge in [0.05, 0.1) is 6.04 Å². The summed E-state index contributed by atoms with van der Waals surface area (Å²) in [6.07, 6.45) is 2.19. The highest BCUT2D eigenvalue weighted by Gasteiger charge is 2.29. The lowest BCUT2D eigenvalue weighted by Gasteiger charge is -2.23. The Morgan fingerprint density at radius 1 is 0.763 bits per heavy atom. The largest absolute Gasteiger partial charge is 0.508 e. The molecule has 0 aliphatic heterocycles. The van der Waals surface area contributed by atoms with E-state index in [2.05, 4.69) is 15.6 Å². The van der Waals surface area contributed by atoms with Crippen LogP contribution < -0.4 is 16.4 Å². The highest BCUT2D eigenvalue weighted by Crippen LogP contribution is 2.19. The summed E-state index contributed by atoms with van der Waals surface area (Å²) in [6, 6.07) is 19.7. The molecule has 0 aliphatic carbocycles. The zero-order valence-electron chi connectivity index (χ0n) is 20.6. The summed E-state index contributed by atoms with van der Waals surface area (Å²) in [7, 11) is 0. The van der Waals surface area contributed by atoms with Crippen LogP contribution in [0, 0.1) is 0 Å². The molecule has 0 unspecified atom stereocenters. The third kappa shape index (κ3) is 6.77. The number of carboxylic acids is 1. The van der Waals surface area contributed by atoms with Crippen LogP contribution in [0.1, 0.15) is 16.7 Å². The number of hydrogen-bond acceptors (Lipinski definition) is 5. The number of aromatic nitrogens is 1. The first-order valence-corrected chi connectivity index (χ1v) is 12.3. The average molecular weight is 515 g/mol. The monoisotopic (exact) mass is 514 g/mol. The number of hydrogen-bond donors (Lipinski definition) is 6. The van der Waals surface area contributed by atoms with Gasteiger partial charge in [-0.05, 0) is 41.3 Å². The molecule has 0 bridgehead atoms. The predicted octanol–water partition coefficient (Wildman–Crippen LogP) is 2.28. The van der Waals surface area contributed by atoms with Crippen LogP contribution in [0.2, 0.25) is 0 Å². The minimum atomic E-state index is -1.24. The van der Waals surface area contributed by atoms with Crippen LogP contribution in [-0.4, -0.2) is 51.1 Å². The number of H-pyrrole nitrogens is 1. The van der Waals surface area contributed by atoms with E-state index in [0.29, 0.717) is 5.56 Å². The Labute approximate surface area is 219 Å². The number of aliphatic carboxylic acids is 1. The van der Waals surface area contributed by atoms with Crippen molar-refractivity contribution in [3.63, 3.8) is 0 Å². The Hall–Kier alpha value is -4.63. The van der Waals surface area contributed by atoms with E-state index >= 15 is 0 Å². The first-order chi connectivity index (χ1) is 18.3. The van der Waals surface area contributed by atoms with Crippen molar-refractivity contribution in [1.29, 1.82) is 0 Å². The molecule has 38 heavy (non-hydrogen) atoms. The van der Waals surface area contributed by atoms with Crippen molar-refractivity contribution in [2.45, 2.75) is 37.4 Å². The quantitative estimate of drug-likeness (QED) is 0.180. The van der Waals surface area contributed by atoms with Gasteiger partial charge in [0.2, 0.25) is 11.8 Å². The third-order valence-corrected chi connectivity index (χ3v) is 6.36. The predicted molar refractivity (Wildman–Crippen MR) is 143 cm³/mol. The van der Waals surface area contributed by atoms with Crippen molar-refractivity contribution in [3.05, 3.63) is 102 Å². The number of benzene rings is 3. The topological polar surface area (TPSA) is 158 Å². The van der Waals surface area contributed by atoms with Gasteiger partial charge in [-0.2, -0.15) is 0 Å². The molecule has 0 saturated heterocycles. The van der Waals surface area contributed by atoms with Crippen LogP contribution >= 0.6 is 0 Å². The molecular formula is C29H30N4O5. The summed E-state index contributed by atoms with van der Waals surface area (Å²) in [5.74, 6) is -2.32. The Balaban J connectivity index is 1.53. The second-order valence-corrected chi connectivity index (χ2v) is 9.19. The number of aromatic amines is 1. The number of phenolic OH excluding ortho intramolecular Hbond substituents is 1. The van der Waals surface area contributed by atoms with Gasteiger partial charge in [-0.3, -0.25) is 9.59 Å². The lowest BCUT2D eigenvalue weighted by molar-refractivity contribution is -0.142. The molecule has 0 saturated carbocycles. The van der Waals surface area contributed by atoms with E-state index in [9.17, 15) is 24.6 Å². The maximum absolute atomic E-state index is 13.4. The molecule has 1 aromatic heterocycles. The number of nitrogens with two attached hydrogens (primary N) is 1. The van der Waals surface area contributed by atoms with Crippen LogP contribution in [0.15, 0.2) is 85.1 Å². The molecule has 4 aromatic rings. The second-order valence-electron chi connectivity index (χ2n) is 9.19. The van der Waals surface area contributed by atoms with Crippen LogP contribution in [0.4, 0.5) is 0 Å². The number of carbonyl (C=O) groups excluding carboxylic acids is 2. The Kier molecular flexibility index (Phi) is 8.40. The first kappa shape index (κ1) is 26.4. The number of aromatic hydroxyl groups is 1. The summed E-state index contributed by atoms with van der Waals surface area (Å²) in [4.78, 5) is 41.6. The Morgan fingerprint density at radius 3 is 2.11 bits per heavy atom. The molecule has 196 valence electrons. The van der Waals surface area contributed by atoms with E-state index in [4.69, 9.17) is 5.73 Å². The van der Waals surface area contributed by atoms with Crippen molar-refractivity contribution in [2.75, 3.05) is 0 Å². The van der Waals surface area contributed by atoms with Gasteiger partial charge in [-0.1, -0.05) is 60.7 Å². The molecule has 2 amide bonds. The summed E-state index contributed by atoms with van der Waals surface area (Å²) >= 11 is 0. The molecule has 9 nitrogen and oxygen atoms in total. The second kappa shape index (κ2) is 12.1. The third-order valence-electron chi connectivity index (χ3n) is 6.36. The SMILES string of the molecule is N[C@@H](Cc1ccccc1)C(=O)N[C@@H](Cc1c[nH]c2ccccc12)C(=O)N[C@@H](Cc1ccc(O)cc1)C(=O)O. The molecule has 1 heterocycles. The van der Waals surface area contributed by atoms with Gasteiger partial charge < -0.3 is 31.6 Å². The van der Waals surface area contributed by atoms with Crippen LogP contribution in [0.3, 0.4) is 0 Å². The van der Waals surface area contributed by atoms with Gasteiger partial charge in [0.1, 0.15) is 17.8 Å². The summed E-state index contributed by atoms with van der Waals surface area (Å²) in [6.45, 7) is 0. The molecular weight excluding hydrogens is 484 g/mol. The molecule has 4 rings (SSSR count). The number of para-hydroxylation sites is 1. The van der Waals surface area contributed by atoms with E-state index in [0.717, 1.165) is 22.0 Å². The van der Waals surface area contributed by atoms with Crippen molar-refractivity contribution >= 4 is 28.7 Å². The smallest absolute Gasteiger partial charge is 0.326 e. The van der Waals surface area contributed by atoms with Gasteiger partial charge in [0, 0.05) is 29.9 Å². The summed E-state index contributed by atoms with van der Waals surface area (Å²) < 4.78 is 0. The Morgan fingerprint density at radius 2 is 1.39 bits per heavy atom. The number of carbonyl (C=O) groups is 3. The number of phenols is 1. The first-order valence-electron chi connectivity index (χ1n) is 12.3. The maximum atomic E-state index is 13.4. The van der Waals surface area contributed by atoms with Crippen molar-refractivity contribution in [1.82, 2.24) is 15.6 Å². The molecule has 0 fully saturated rings. The van der Waals surface area contributed by atoms with Crippen molar-refractivity contribution in [2.24, 2.45) is 5.73 Å².